The summed E-state index contributed by atoms with van der Waals surface area (Å²) in [5.41, 5.74) is 5.89. The topological polar surface area (TPSA) is 59.3 Å². The minimum Gasteiger partial charge on any atom is -0.481 e. The van der Waals surface area contributed by atoms with Gasteiger partial charge >= 0.3 is 5.97 Å². The fourth-order valence-corrected chi connectivity index (χ4v) is 5.31. The van der Waals surface area contributed by atoms with E-state index >= 15 is 0 Å². The Labute approximate surface area is 196 Å². The highest BCUT2D eigenvalue weighted by molar-refractivity contribution is 6.01. The van der Waals surface area contributed by atoms with Crippen molar-refractivity contribution in [3.05, 3.63) is 70.9 Å². The van der Waals surface area contributed by atoms with E-state index in [1.54, 1.807) is 0 Å². The molecule has 1 atom stereocenters. The van der Waals surface area contributed by atoms with Crippen LogP contribution in [0.15, 0.2) is 48.5 Å². The average molecular weight is 446 g/mol. The van der Waals surface area contributed by atoms with Crippen molar-refractivity contribution < 1.29 is 14.7 Å². The summed E-state index contributed by atoms with van der Waals surface area (Å²) in [6, 6.07) is 16.4. The van der Waals surface area contributed by atoms with E-state index in [-0.39, 0.29) is 12.2 Å². The highest BCUT2D eigenvalue weighted by atomic mass is 16.4. The minimum atomic E-state index is -0.858. The van der Waals surface area contributed by atoms with Gasteiger partial charge in [0.15, 0.2) is 5.78 Å². The van der Waals surface area contributed by atoms with E-state index < -0.39 is 11.9 Å². The van der Waals surface area contributed by atoms with E-state index in [2.05, 4.69) is 41.9 Å². The van der Waals surface area contributed by atoms with Crippen LogP contribution in [0.25, 0.3) is 10.9 Å². The van der Waals surface area contributed by atoms with Gasteiger partial charge in [0.05, 0.1) is 5.92 Å². The Bertz CT molecular complexity index is 1110. The van der Waals surface area contributed by atoms with Crippen LogP contribution in [0.2, 0.25) is 0 Å². The Hall–Kier alpha value is -2.88. The first-order valence-corrected chi connectivity index (χ1v) is 12.4. The van der Waals surface area contributed by atoms with Gasteiger partial charge in [-0.25, -0.2) is 0 Å². The quantitative estimate of drug-likeness (QED) is 0.270. The SMILES string of the molecule is Cn1c2c(c3ccc(C(=O)C[C@@H](CCCCCCc4ccccc4)C(=O)O)cc31)CCCC2. The van der Waals surface area contributed by atoms with E-state index in [0.717, 1.165) is 50.5 Å². The number of carboxylic acids is 1. The summed E-state index contributed by atoms with van der Waals surface area (Å²) >= 11 is 0. The predicted octanol–water partition coefficient (Wildman–Crippen LogP) is 6.52. The molecule has 0 amide bonds. The monoisotopic (exact) mass is 445 g/mol. The first-order valence-electron chi connectivity index (χ1n) is 12.4. The maximum atomic E-state index is 13.0. The number of hydrogen-bond acceptors (Lipinski definition) is 2. The van der Waals surface area contributed by atoms with Gasteiger partial charge in [0.1, 0.15) is 0 Å². The molecule has 1 heterocycles. The van der Waals surface area contributed by atoms with Crippen molar-refractivity contribution >= 4 is 22.7 Å². The van der Waals surface area contributed by atoms with E-state index in [9.17, 15) is 14.7 Å². The third kappa shape index (κ3) is 5.55. The molecule has 4 rings (SSSR count). The molecule has 1 N–H and O–H groups in total. The number of aliphatic carboxylic acids is 1. The Balaban J connectivity index is 1.31. The van der Waals surface area contributed by atoms with Crippen LogP contribution in [0, 0.1) is 5.92 Å². The molecule has 33 heavy (non-hydrogen) atoms. The van der Waals surface area contributed by atoms with Crippen LogP contribution in [-0.2, 0) is 31.1 Å². The van der Waals surface area contributed by atoms with Crippen LogP contribution < -0.4 is 0 Å². The van der Waals surface area contributed by atoms with Gasteiger partial charge < -0.3 is 9.67 Å². The van der Waals surface area contributed by atoms with Crippen LogP contribution in [0.5, 0.6) is 0 Å². The lowest BCUT2D eigenvalue weighted by atomic mass is 9.92. The predicted molar refractivity (Wildman–Crippen MR) is 133 cm³/mol. The second-order valence-electron chi connectivity index (χ2n) is 9.52. The van der Waals surface area contributed by atoms with Gasteiger partial charge in [-0.15, -0.1) is 0 Å². The smallest absolute Gasteiger partial charge is 0.306 e. The molecule has 1 aromatic heterocycles. The fourth-order valence-electron chi connectivity index (χ4n) is 5.31. The second-order valence-corrected chi connectivity index (χ2v) is 9.52. The number of Topliss-reactive ketones (excluding diaryl/α,β-unsaturated/α-hetero) is 1. The number of carbonyl (C=O) groups is 2. The lowest BCUT2D eigenvalue weighted by molar-refractivity contribution is -0.141. The highest BCUT2D eigenvalue weighted by Gasteiger charge is 2.23. The van der Waals surface area contributed by atoms with Crippen LogP contribution in [0.1, 0.15) is 78.5 Å². The Morgan fingerprint density at radius 3 is 2.52 bits per heavy atom. The van der Waals surface area contributed by atoms with E-state index in [1.807, 2.05) is 18.2 Å². The van der Waals surface area contributed by atoms with E-state index in [4.69, 9.17) is 0 Å². The molecule has 174 valence electrons. The number of hydrogen-bond donors (Lipinski definition) is 1. The third-order valence-corrected chi connectivity index (χ3v) is 7.24. The number of nitrogens with zero attached hydrogens (tertiary/aromatic N) is 1. The maximum Gasteiger partial charge on any atom is 0.306 e. The first-order chi connectivity index (χ1) is 16.0. The van der Waals surface area contributed by atoms with Crippen LogP contribution in [-0.4, -0.2) is 21.4 Å². The lowest BCUT2D eigenvalue weighted by Crippen LogP contribution is -2.18. The molecular weight excluding hydrogens is 410 g/mol. The van der Waals surface area contributed by atoms with Gasteiger partial charge in [-0.2, -0.15) is 0 Å². The Kier molecular flexibility index (Phi) is 7.64. The number of aryl methyl sites for hydroxylation is 3. The maximum absolute atomic E-state index is 13.0. The zero-order valence-corrected chi connectivity index (χ0v) is 19.7. The summed E-state index contributed by atoms with van der Waals surface area (Å²) in [4.78, 5) is 24.8. The molecule has 0 aliphatic heterocycles. The molecule has 0 saturated carbocycles. The number of benzene rings is 2. The van der Waals surface area contributed by atoms with Crippen molar-refractivity contribution in [2.24, 2.45) is 13.0 Å². The van der Waals surface area contributed by atoms with Crippen molar-refractivity contribution in [2.75, 3.05) is 0 Å². The van der Waals surface area contributed by atoms with Gasteiger partial charge in [-0.05, 0) is 62.1 Å². The number of carboxylic acid groups (broad SMARTS) is 1. The van der Waals surface area contributed by atoms with Gasteiger partial charge in [0.25, 0.3) is 0 Å². The zero-order valence-electron chi connectivity index (χ0n) is 19.7. The molecule has 0 saturated heterocycles. The van der Waals surface area contributed by atoms with E-state index in [1.165, 1.54) is 35.0 Å². The standard InChI is InChI=1S/C29H35NO3/c1-30-26-16-10-9-15-24(26)25-18-17-22(19-27(25)30)28(31)20-23(29(32)33)14-8-3-2-5-11-21-12-6-4-7-13-21/h4,6-7,12-13,17-19,23H,2-3,5,8-11,14-16,20H2,1H3,(H,32,33)/t23-/m1/s1. The second kappa shape index (κ2) is 10.8. The highest BCUT2D eigenvalue weighted by Crippen LogP contribution is 2.32. The molecule has 3 aromatic rings. The van der Waals surface area contributed by atoms with Crippen LogP contribution >= 0.6 is 0 Å². The molecule has 1 aliphatic carbocycles. The summed E-state index contributed by atoms with van der Waals surface area (Å²) in [7, 11) is 2.08. The summed E-state index contributed by atoms with van der Waals surface area (Å²) in [5, 5.41) is 10.9. The number of ketones is 1. The number of fused-ring (bicyclic) bond motifs is 3. The van der Waals surface area contributed by atoms with Crippen molar-refractivity contribution in [1.29, 1.82) is 0 Å². The van der Waals surface area contributed by atoms with Crippen molar-refractivity contribution in [3.63, 3.8) is 0 Å². The Morgan fingerprint density at radius 1 is 0.970 bits per heavy atom. The Morgan fingerprint density at radius 2 is 1.73 bits per heavy atom. The number of unbranched alkanes of at least 4 members (excludes halogenated alkanes) is 3. The average Bonchev–Trinajstić information content (AvgIpc) is 3.12. The largest absolute Gasteiger partial charge is 0.481 e. The summed E-state index contributed by atoms with van der Waals surface area (Å²) in [6.07, 6.45) is 10.4. The molecule has 4 nitrogen and oxygen atoms in total. The molecular formula is C29H35NO3. The molecule has 0 bridgehead atoms. The van der Waals surface area contributed by atoms with Crippen molar-refractivity contribution in [2.45, 2.75) is 70.6 Å². The van der Waals surface area contributed by atoms with Gasteiger partial charge in [0, 0.05) is 35.6 Å². The van der Waals surface area contributed by atoms with Gasteiger partial charge in [0.2, 0.25) is 0 Å². The van der Waals surface area contributed by atoms with Crippen molar-refractivity contribution in [1.82, 2.24) is 4.57 Å². The number of aromatic nitrogens is 1. The van der Waals surface area contributed by atoms with Crippen LogP contribution in [0.4, 0.5) is 0 Å². The van der Waals surface area contributed by atoms with E-state index in [0.29, 0.717) is 12.0 Å². The lowest BCUT2D eigenvalue weighted by Gasteiger charge is -2.12. The first kappa shape index (κ1) is 23.3. The third-order valence-electron chi connectivity index (χ3n) is 7.24. The molecule has 1 aliphatic rings. The molecule has 4 heteroatoms. The summed E-state index contributed by atoms with van der Waals surface area (Å²) in [6.45, 7) is 0. The molecule has 0 unspecified atom stereocenters. The van der Waals surface area contributed by atoms with Gasteiger partial charge in [-0.1, -0.05) is 61.7 Å². The van der Waals surface area contributed by atoms with Gasteiger partial charge in [-0.3, -0.25) is 9.59 Å². The minimum absolute atomic E-state index is 0.0625. The summed E-state index contributed by atoms with van der Waals surface area (Å²) < 4.78 is 2.23. The van der Waals surface area contributed by atoms with Crippen LogP contribution in [0.3, 0.4) is 0 Å². The van der Waals surface area contributed by atoms with Crippen molar-refractivity contribution in [3.8, 4) is 0 Å². The summed E-state index contributed by atoms with van der Waals surface area (Å²) in [5.74, 6) is -1.53. The molecule has 0 spiro atoms. The molecule has 0 fully saturated rings. The molecule has 0 radical (unpaired) electrons. The fraction of sp³-hybridized carbons (Fsp3) is 0.448. The molecule has 2 aromatic carbocycles. The number of rotatable bonds is 11. The normalized spacial score (nSPS) is 14.2. The number of carbonyl (C=O) groups excluding carboxylic acids is 1. The zero-order chi connectivity index (χ0) is 23.2.